The van der Waals surface area contributed by atoms with Gasteiger partial charge in [0.05, 0.1) is 24.3 Å². The summed E-state index contributed by atoms with van der Waals surface area (Å²) >= 11 is 0. The molecule has 0 fully saturated rings. The van der Waals surface area contributed by atoms with Gasteiger partial charge < -0.3 is 9.47 Å². The number of ether oxygens (including phenoxy) is 2. The molecule has 0 heterocycles. The predicted octanol–water partition coefficient (Wildman–Crippen LogP) is 7.78. The Hall–Kier alpha value is -1.84. The zero-order chi connectivity index (χ0) is 23.8. The highest BCUT2D eigenvalue weighted by atomic mass is 16.5. The van der Waals surface area contributed by atoms with E-state index in [-0.39, 0.29) is 0 Å². The molecule has 182 valence electrons. The molecule has 0 aliphatic heterocycles. The molecule has 0 saturated carbocycles. The molecular weight excluding hydrogens is 400 g/mol. The quantitative estimate of drug-likeness (QED) is 0.229. The van der Waals surface area contributed by atoms with Gasteiger partial charge in [0.15, 0.2) is 0 Å². The van der Waals surface area contributed by atoms with Gasteiger partial charge in [-0.2, -0.15) is 0 Å². The molecule has 2 unspecified atom stereocenters. The van der Waals surface area contributed by atoms with E-state index in [0.29, 0.717) is 36.2 Å². The molecular formula is C28H46O4. The second-order valence-electron chi connectivity index (χ2n) is 9.01. The van der Waals surface area contributed by atoms with Gasteiger partial charge in [-0.05, 0) is 55.2 Å². The van der Waals surface area contributed by atoms with Crippen LogP contribution in [-0.4, -0.2) is 25.2 Å². The smallest absolute Gasteiger partial charge is 0.339 e. The zero-order valence-electron chi connectivity index (χ0n) is 21.2. The summed E-state index contributed by atoms with van der Waals surface area (Å²) in [5.41, 5.74) is 1.72. The Kier molecular flexibility index (Phi) is 14.8. The van der Waals surface area contributed by atoms with Gasteiger partial charge in [-0.25, -0.2) is 9.59 Å². The molecule has 4 heteroatoms. The van der Waals surface area contributed by atoms with Crippen molar-refractivity contribution in [2.24, 2.45) is 11.8 Å². The highest BCUT2D eigenvalue weighted by Gasteiger charge is 2.22. The van der Waals surface area contributed by atoms with E-state index in [2.05, 4.69) is 34.6 Å². The van der Waals surface area contributed by atoms with Crippen molar-refractivity contribution in [2.75, 3.05) is 13.2 Å². The van der Waals surface area contributed by atoms with Crippen LogP contribution < -0.4 is 0 Å². The van der Waals surface area contributed by atoms with E-state index in [0.717, 1.165) is 76.2 Å². The van der Waals surface area contributed by atoms with Gasteiger partial charge in [-0.15, -0.1) is 0 Å². The molecule has 0 aliphatic rings. The van der Waals surface area contributed by atoms with E-state index < -0.39 is 11.9 Å². The Balaban J connectivity index is 2.94. The number of rotatable bonds is 17. The summed E-state index contributed by atoms with van der Waals surface area (Å²) in [6.45, 7) is 11.5. The lowest BCUT2D eigenvalue weighted by Gasteiger charge is -2.17. The van der Waals surface area contributed by atoms with Crippen LogP contribution >= 0.6 is 0 Å². The first-order chi connectivity index (χ1) is 15.5. The number of esters is 2. The van der Waals surface area contributed by atoms with E-state index in [4.69, 9.17) is 9.47 Å². The van der Waals surface area contributed by atoms with Gasteiger partial charge in [0, 0.05) is 0 Å². The van der Waals surface area contributed by atoms with Gasteiger partial charge in [-0.1, -0.05) is 85.6 Å². The van der Waals surface area contributed by atoms with Crippen LogP contribution in [0, 0.1) is 11.8 Å². The Bertz CT molecular complexity index is 667. The van der Waals surface area contributed by atoms with Crippen molar-refractivity contribution >= 4 is 11.9 Å². The summed E-state index contributed by atoms with van der Waals surface area (Å²) < 4.78 is 11.3. The molecule has 2 atom stereocenters. The van der Waals surface area contributed by atoms with Crippen LogP contribution in [-0.2, 0) is 15.9 Å². The Labute approximate surface area is 196 Å². The van der Waals surface area contributed by atoms with Gasteiger partial charge in [0.1, 0.15) is 0 Å². The first-order valence-corrected chi connectivity index (χ1v) is 13.0. The first-order valence-electron chi connectivity index (χ1n) is 13.0. The molecule has 0 bridgehead atoms. The molecule has 0 N–H and O–H groups in total. The molecule has 0 saturated heterocycles. The summed E-state index contributed by atoms with van der Waals surface area (Å²) in [5.74, 6) is -0.112. The van der Waals surface area contributed by atoms with E-state index in [1.165, 1.54) is 0 Å². The van der Waals surface area contributed by atoms with Crippen molar-refractivity contribution in [1.29, 1.82) is 0 Å². The molecule has 0 aliphatic carbocycles. The van der Waals surface area contributed by atoms with Gasteiger partial charge in [0.25, 0.3) is 0 Å². The number of hydrogen-bond acceptors (Lipinski definition) is 4. The fourth-order valence-corrected chi connectivity index (χ4v) is 3.81. The van der Waals surface area contributed by atoms with Crippen LogP contribution in [0.1, 0.15) is 125 Å². The minimum absolute atomic E-state index is 0.321. The molecule has 0 amide bonds. The Morgan fingerprint density at radius 1 is 0.719 bits per heavy atom. The first kappa shape index (κ1) is 28.2. The zero-order valence-corrected chi connectivity index (χ0v) is 21.2. The maximum Gasteiger partial charge on any atom is 0.339 e. The van der Waals surface area contributed by atoms with Gasteiger partial charge in [-0.3, -0.25) is 0 Å². The second kappa shape index (κ2) is 16.7. The van der Waals surface area contributed by atoms with E-state index in [1.54, 1.807) is 6.07 Å². The Morgan fingerprint density at radius 3 is 1.69 bits per heavy atom. The molecule has 0 radical (unpaired) electrons. The SMILES string of the molecule is CCCCc1ccc(C(=O)OCC(CC)CCCC)c(C(=O)OCC(CC)CCCC)c1. The lowest BCUT2D eigenvalue weighted by atomic mass is 9.99. The summed E-state index contributed by atoms with van der Waals surface area (Å²) in [6, 6.07) is 5.51. The number of carbonyl (C=O) groups excluding carboxylic acids is 2. The number of carbonyl (C=O) groups is 2. The third kappa shape index (κ3) is 10.2. The fraction of sp³-hybridized carbons (Fsp3) is 0.714. The number of unbranched alkanes of at least 4 members (excludes halogenated alkanes) is 3. The highest BCUT2D eigenvalue weighted by molar-refractivity contribution is 6.03. The molecule has 0 aromatic heterocycles. The lowest BCUT2D eigenvalue weighted by Crippen LogP contribution is -2.19. The minimum Gasteiger partial charge on any atom is -0.462 e. The Morgan fingerprint density at radius 2 is 1.22 bits per heavy atom. The van der Waals surface area contributed by atoms with Crippen LogP contribution in [0.4, 0.5) is 0 Å². The lowest BCUT2D eigenvalue weighted by molar-refractivity contribution is 0.0381. The predicted molar refractivity (Wildman–Crippen MR) is 132 cm³/mol. The van der Waals surface area contributed by atoms with Crippen molar-refractivity contribution in [1.82, 2.24) is 0 Å². The van der Waals surface area contributed by atoms with E-state index in [1.807, 2.05) is 12.1 Å². The fourth-order valence-electron chi connectivity index (χ4n) is 3.81. The summed E-state index contributed by atoms with van der Waals surface area (Å²) in [6.07, 6.45) is 11.6. The van der Waals surface area contributed by atoms with Gasteiger partial charge in [0.2, 0.25) is 0 Å². The minimum atomic E-state index is -0.424. The number of hydrogen-bond donors (Lipinski definition) is 0. The normalized spacial score (nSPS) is 12.9. The summed E-state index contributed by atoms with van der Waals surface area (Å²) in [7, 11) is 0. The average molecular weight is 447 g/mol. The monoisotopic (exact) mass is 446 g/mol. The van der Waals surface area contributed by atoms with Crippen LogP contribution in [0.5, 0.6) is 0 Å². The van der Waals surface area contributed by atoms with E-state index in [9.17, 15) is 9.59 Å². The number of aryl methyl sites for hydroxylation is 1. The topological polar surface area (TPSA) is 52.6 Å². The molecule has 1 aromatic rings. The molecule has 1 aromatic carbocycles. The van der Waals surface area contributed by atoms with Crippen molar-refractivity contribution < 1.29 is 19.1 Å². The third-order valence-electron chi connectivity index (χ3n) is 6.33. The molecule has 1 rings (SSSR count). The van der Waals surface area contributed by atoms with E-state index >= 15 is 0 Å². The molecule has 32 heavy (non-hydrogen) atoms. The highest BCUT2D eigenvalue weighted by Crippen LogP contribution is 2.20. The third-order valence-corrected chi connectivity index (χ3v) is 6.33. The largest absolute Gasteiger partial charge is 0.462 e. The van der Waals surface area contributed by atoms with Gasteiger partial charge >= 0.3 is 11.9 Å². The average Bonchev–Trinajstić information content (AvgIpc) is 2.82. The van der Waals surface area contributed by atoms with Crippen molar-refractivity contribution in [3.63, 3.8) is 0 Å². The standard InChI is InChI=1S/C28H46O4/c1-6-11-14-22(9-4)20-31-27(29)25-18-17-24(16-13-8-3)19-26(25)28(30)32-21-23(10-5)15-12-7-2/h17-19,22-23H,6-16,20-21H2,1-5H3. The summed E-state index contributed by atoms with van der Waals surface area (Å²) in [5, 5.41) is 0. The second-order valence-corrected chi connectivity index (χ2v) is 9.01. The van der Waals surface area contributed by atoms with Crippen molar-refractivity contribution in [2.45, 2.75) is 105 Å². The van der Waals surface area contributed by atoms with Crippen LogP contribution in [0.2, 0.25) is 0 Å². The maximum absolute atomic E-state index is 13.0. The maximum atomic E-state index is 13.0. The number of benzene rings is 1. The van der Waals surface area contributed by atoms with Crippen LogP contribution in [0.25, 0.3) is 0 Å². The molecule has 4 nitrogen and oxygen atoms in total. The van der Waals surface area contributed by atoms with Crippen LogP contribution in [0.15, 0.2) is 18.2 Å². The van der Waals surface area contributed by atoms with Crippen LogP contribution in [0.3, 0.4) is 0 Å². The summed E-state index contributed by atoms with van der Waals surface area (Å²) in [4.78, 5) is 25.9. The van der Waals surface area contributed by atoms with Crippen molar-refractivity contribution in [3.05, 3.63) is 34.9 Å². The van der Waals surface area contributed by atoms with Crippen molar-refractivity contribution in [3.8, 4) is 0 Å². The molecule has 0 spiro atoms.